The quantitative estimate of drug-likeness (QED) is 0.670. The van der Waals surface area contributed by atoms with E-state index in [-0.39, 0.29) is 0 Å². The average Bonchev–Trinajstić information content (AvgIpc) is 3.10. The van der Waals surface area contributed by atoms with Crippen LogP contribution >= 0.6 is 0 Å². The first-order valence-electron chi connectivity index (χ1n) is 7.22. The van der Waals surface area contributed by atoms with Crippen LogP contribution in [0.25, 0.3) is 0 Å². The van der Waals surface area contributed by atoms with Gasteiger partial charge in [-0.3, -0.25) is 0 Å². The second kappa shape index (κ2) is 4.38. The van der Waals surface area contributed by atoms with Gasteiger partial charge in [-0.1, -0.05) is 72.8 Å². The summed E-state index contributed by atoms with van der Waals surface area (Å²) in [4.78, 5) is 0. The van der Waals surface area contributed by atoms with Crippen molar-refractivity contribution in [1.29, 1.82) is 0 Å². The minimum atomic E-state index is 0.665. The maximum atomic E-state index is 2.45. The minimum Gasteiger partial charge on any atom is -0.0845 e. The lowest BCUT2D eigenvalue weighted by Gasteiger charge is -2.29. The van der Waals surface area contributed by atoms with Crippen molar-refractivity contribution in [2.75, 3.05) is 0 Å². The highest BCUT2D eigenvalue weighted by atomic mass is 14.5. The van der Waals surface area contributed by atoms with E-state index in [1.807, 2.05) is 0 Å². The van der Waals surface area contributed by atoms with Crippen LogP contribution in [-0.4, -0.2) is 0 Å². The lowest BCUT2D eigenvalue weighted by Crippen LogP contribution is -2.16. The van der Waals surface area contributed by atoms with Gasteiger partial charge in [-0.2, -0.15) is 0 Å². The Kier molecular flexibility index (Phi) is 2.55. The Morgan fingerprint density at radius 3 is 1.42 bits per heavy atom. The van der Waals surface area contributed by atoms with Crippen molar-refractivity contribution in [1.82, 2.24) is 0 Å². The Bertz CT molecular complexity index is 528. The van der Waals surface area contributed by atoms with Crippen molar-refractivity contribution < 1.29 is 0 Å². The maximum Gasteiger partial charge on any atom is -0.00243 e. The summed E-state index contributed by atoms with van der Waals surface area (Å²) in [5.41, 5.74) is 3.02. The van der Waals surface area contributed by atoms with Crippen LogP contribution in [0.1, 0.15) is 29.4 Å². The standard InChI is InChI=1S/C19H18/c1-3-7-14(8-4-1)18-16-11-12-17(13-16)19(18)15-9-5-2-6-10-15/h1-12,16-19H,13H2/t16-,17+,18+,19-. The summed E-state index contributed by atoms with van der Waals surface area (Å²) in [6.07, 6.45) is 6.22. The Morgan fingerprint density at radius 1 is 0.579 bits per heavy atom. The van der Waals surface area contributed by atoms with Crippen LogP contribution in [-0.2, 0) is 0 Å². The van der Waals surface area contributed by atoms with E-state index in [1.54, 1.807) is 0 Å². The molecule has 0 aromatic heterocycles. The lowest BCUT2D eigenvalue weighted by molar-refractivity contribution is 0.509. The third-order valence-electron chi connectivity index (χ3n) is 4.83. The molecule has 0 unspecified atom stereocenters. The smallest absolute Gasteiger partial charge is 0.00243 e. The summed E-state index contributed by atoms with van der Waals surface area (Å²) in [5, 5.41) is 0. The Morgan fingerprint density at radius 2 is 1.00 bits per heavy atom. The molecule has 0 saturated heterocycles. The Labute approximate surface area is 114 Å². The number of fused-ring (bicyclic) bond motifs is 2. The molecule has 0 nitrogen and oxygen atoms in total. The van der Waals surface area contributed by atoms with Crippen molar-refractivity contribution in [2.45, 2.75) is 18.3 Å². The average molecular weight is 246 g/mol. The van der Waals surface area contributed by atoms with Crippen LogP contribution in [0.5, 0.6) is 0 Å². The largest absolute Gasteiger partial charge is 0.0845 e. The fraction of sp³-hybridized carbons (Fsp3) is 0.263. The van der Waals surface area contributed by atoms with Crippen molar-refractivity contribution in [3.63, 3.8) is 0 Å². The molecule has 94 valence electrons. The van der Waals surface area contributed by atoms with E-state index < -0.39 is 0 Å². The van der Waals surface area contributed by atoms with E-state index in [0.29, 0.717) is 11.8 Å². The molecule has 0 radical (unpaired) electrons. The van der Waals surface area contributed by atoms with E-state index in [0.717, 1.165) is 11.8 Å². The van der Waals surface area contributed by atoms with Crippen LogP contribution in [0, 0.1) is 11.8 Å². The third-order valence-corrected chi connectivity index (χ3v) is 4.83. The van der Waals surface area contributed by atoms with Gasteiger partial charge in [-0.05, 0) is 41.2 Å². The van der Waals surface area contributed by atoms with E-state index in [1.165, 1.54) is 17.5 Å². The molecule has 2 aliphatic rings. The van der Waals surface area contributed by atoms with Crippen LogP contribution in [0.3, 0.4) is 0 Å². The molecule has 0 heteroatoms. The molecule has 2 aliphatic carbocycles. The Balaban J connectivity index is 1.79. The summed E-state index contributed by atoms with van der Waals surface area (Å²) < 4.78 is 0. The molecular weight excluding hydrogens is 228 g/mol. The first-order valence-corrected chi connectivity index (χ1v) is 7.22. The molecule has 2 bridgehead atoms. The highest BCUT2D eigenvalue weighted by molar-refractivity contribution is 5.37. The molecule has 0 amide bonds. The van der Waals surface area contributed by atoms with E-state index in [2.05, 4.69) is 72.8 Å². The molecule has 0 heterocycles. The normalized spacial score (nSPS) is 31.8. The molecule has 0 spiro atoms. The van der Waals surface area contributed by atoms with Crippen LogP contribution in [0.2, 0.25) is 0 Å². The highest BCUT2D eigenvalue weighted by Crippen LogP contribution is 2.57. The van der Waals surface area contributed by atoms with Gasteiger partial charge in [0.2, 0.25) is 0 Å². The topological polar surface area (TPSA) is 0 Å². The second-order valence-electron chi connectivity index (χ2n) is 5.82. The van der Waals surface area contributed by atoms with Crippen LogP contribution in [0.4, 0.5) is 0 Å². The first kappa shape index (κ1) is 11.0. The lowest BCUT2D eigenvalue weighted by atomic mass is 9.75. The maximum absolute atomic E-state index is 2.45. The van der Waals surface area contributed by atoms with E-state index in [9.17, 15) is 0 Å². The molecule has 4 atom stereocenters. The minimum absolute atomic E-state index is 0.665. The van der Waals surface area contributed by atoms with Gasteiger partial charge in [0.25, 0.3) is 0 Å². The van der Waals surface area contributed by atoms with Crippen LogP contribution < -0.4 is 0 Å². The van der Waals surface area contributed by atoms with Gasteiger partial charge in [-0.25, -0.2) is 0 Å². The second-order valence-corrected chi connectivity index (χ2v) is 5.82. The molecule has 2 aromatic rings. The number of benzene rings is 2. The van der Waals surface area contributed by atoms with Crippen molar-refractivity contribution in [3.8, 4) is 0 Å². The third kappa shape index (κ3) is 1.74. The van der Waals surface area contributed by atoms with Gasteiger partial charge in [0.1, 0.15) is 0 Å². The van der Waals surface area contributed by atoms with Gasteiger partial charge < -0.3 is 0 Å². The van der Waals surface area contributed by atoms with Gasteiger partial charge in [-0.15, -0.1) is 0 Å². The molecule has 1 fully saturated rings. The number of hydrogen-bond acceptors (Lipinski definition) is 0. The number of allylic oxidation sites excluding steroid dienone is 2. The van der Waals surface area contributed by atoms with Crippen LogP contribution in [0.15, 0.2) is 72.8 Å². The zero-order chi connectivity index (χ0) is 12.7. The molecular formula is C19H18. The fourth-order valence-electron chi connectivity index (χ4n) is 4.08. The monoisotopic (exact) mass is 246 g/mol. The van der Waals surface area contributed by atoms with Gasteiger partial charge in [0.15, 0.2) is 0 Å². The van der Waals surface area contributed by atoms with E-state index >= 15 is 0 Å². The SMILES string of the molecule is C1=C[C@H]2C[C@@H]1[C@H](c1ccccc1)[C@@H]2c1ccccc1. The molecule has 0 aliphatic heterocycles. The van der Waals surface area contributed by atoms with Gasteiger partial charge in [0, 0.05) is 0 Å². The Hall–Kier alpha value is -1.82. The molecule has 2 aromatic carbocycles. The number of rotatable bonds is 2. The molecule has 0 N–H and O–H groups in total. The summed E-state index contributed by atoms with van der Waals surface area (Å²) in [6, 6.07) is 22.1. The molecule has 4 rings (SSSR count). The number of hydrogen-bond donors (Lipinski definition) is 0. The first-order chi connectivity index (χ1) is 9.43. The van der Waals surface area contributed by atoms with Crippen molar-refractivity contribution in [3.05, 3.63) is 83.9 Å². The zero-order valence-electron chi connectivity index (χ0n) is 10.9. The zero-order valence-corrected chi connectivity index (χ0v) is 10.9. The highest BCUT2D eigenvalue weighted by Gasteiger charge is 2.45. The summed E-state index contributed by atoms with van der Waals surface area (Å²) >= 11 is 0. The predicted octanol–water partition coefficient (Wildman–Crippen LogP) is 4.76. The van der Waals surface area contributed by atoms with Gasteiger partial charge >= 0.3 is 0 Å². The molecule has 1 saturated carbocycles. The summed E-state index contributed by atoms with van der Waals surface area (Å²) in [7, 11) is 0. The van der Waals surface area contributed by atoms with Crippen molar-refractivity contribution in [2.24, 2.45) is 11.8 Å². The predicted molar refractivity (Wildman–Crippen MR) is 79.1 cm³/mol. The fourth-order valence-corrected chi connectivity index (χ4v) is 4.08. The molecule has 19 heavy (non-hydrogen) atoms. The van der Waals surface area contributed by atoms with Gasteiger partial charge in [0.05, 0.1) is 0 Å². The summed E-state index contributed by atoms with van der Waals surface area (Å²) in [5.74, 6) is 2.80. The summed E-state index contributed by atoms with van der Waals surface area (Å²) in [6.45, 7) is 0. The van der Waals surface area contributed by atoms with E-state index in [4.69, 9.17) is 0 Å². The van der Waals surface area contributed by atoms with Crippen molar-refractivity contribution >= 4 is 0 Å².